The molecule has 5 rings (SSSR count). The quantitative estimate of drug-likeness (QED) is 0.827. The summed E-state index contributed by atoms with van der Waals surface area (Å²) in [5, 5.41) is 0. The van der Waals surface area contributed by atoms with Crippen LogP contribution in [-0.4, -0.2) is 54.5 Å². The Morgan fingerprint density at radius 1 is 1.15 bits per heavy atom. The fourth-order valence-corrected chi connectivity index (χ4v) is 5.34. The summed E-state index contributed by atoms with van der Waals surface area (Å²) in [7, 11) is 1.71. The van der Waals surface area contributed by atoms with E-state index in [4.69, 9.17) is 4.74 Å². The predicted molar refractivity (Wildman–Crippen MR) is 103 cm³/mol. The number of methoxy groups -OCH3 is 1. The highest BCUT2D eigenvalue weighted by molar-refractivity contribution is 5.83. The van der Waals surface area contributed by atoms with Crippen molar-refractivity contribution in [3.05, 3.63) is 29.8 Å². The Bertz CT molecular complexity index is 661. The summed E-state index contributed by atoms with van der Waals surface area (Å²) >= 11 is 0. The largest absolute Gasteiger partial charge is 0.497 e. The van der Waals surface area contributed by atoms with Crippen LogP contribution >= 0.6 is 0 Å². The van der Waals surface area contributed by atoms with E-state index in [0.717, 1.165) is 18.7 Å². The molecule has 3 atom stereocenters. The van der Waals surface area contributed by atoms with Gasteiger partial charge in [0.05, 0.1) is 13.2 Å². The first-order valence-electron chi connectivity index (χ1n) is 10.2. The topological polar surface area (TPSA) is 32.8 Å². The molecule has 4 aliphatic rings. The molecular weight excluding hydrogens is 324 g/mol. The van der Waals surface area contributed by atoms with Gasteiger partial charge < -0.3 is 9.64 Å². The van der Waals surface area contributed by atoms with Crippen LogP contribution < -0.4 is 4.74 Å². The zero-order chi connectivity index (χ0) is 18.5. The molecule has 2 bridgehead atoms. The molecule has 1 aromatic rings. The van der Waals surface area contributed by atoms with Gasteiger partial charge in [-0.25, -0.2) is 0 Å². The zero-order valence-electron chi connectivity index (χ0n) is 16.6. The lowest BCUT2D eigenvalue weighted by Gasteiger charge is -2.51. The first-order valence-corrected chi connectivity index (χ1v) is 10.2. The van der Waals surface area contributed by atoms with Gasteiger partial charge in [0.15, 0.2) is 0 Å². The van der Waals surface area contributed by atoms with Gasteiger partial charge in [0.2, 0.25) is 5.91 Å². The highest BCUT2D eigenvalue weighted by Crippen LogP contribution is 2.47. The minimum absolute atomic E-state index is 0.272. The molecule has 0 spiro atoms. The van der Waals surface area contributed by atoms with Crippen molar-refractivity contribution in [1.29, 1.82) is 0 Å². The third-order valence-corrected chi connectivity index (χ3v) is 7.26. The summed E-state index contributed by atoms with van der Waals surface area (Å²) in [6, 6.07) is 9.38. The zero-order valence-corrected chi connectivity index (χ0v) is 16.6. The second-order valence-electron chi connectivity index (χ2n) is 8.93. The molecule has 0 aromatic heterocycles. The van der Waals surface area contributed by atoms with Crippen molar-refractivity contribution in [2.75, 3.05) is 26.7 Å². The van der Waals surface area contributed by atoms with E-state index in [1.165, 1.54) is 31.5 Å². The van der Waals surface area contributed by atoms with Crippen LogP contribution in [0.3, 0.4) is 0 Å². The third kappa shape index (κ3) is 2.74. The van der Waals surface area contributed by atoms with Crippen LogP contribution in [0.4, 0.5) is 0 Å². The Morgan fingerprint density at radius 2 is 1.81 bits per heavy atom. The SMILES string of the molecule is CCC(C)(C)C(=O)N1C[C@H](c2ccc(OC)cc2)[C@H]2[C@@H]1C1CCN2CC1. The van der Waals surface area contributed by atoms with Crippen LogP contribution in [0.5, 0.6) is 5.75 Å². The molecular formula is C22H32N2O2. The number of hydrogen-bond donors (Lipinski definition) is 0. The fourth-order valence-electron chi connectivity index (χ4n) is 5.34. The molecule has 4 saturated heterocycles. The van der Waals surface area contributed by atoms with Gasteiger partial charge in [0.1, 0.15) is 5.75 Å². The van der Waals surface area contributed by atoms with E-state index in [9.17, 15) is 4.79 Å². The standard InChI is InChI=1S/C22H32N2O2/c1-5-22(2,3)21(25)24-14-18(15-6-8-17(26-4)9-7-15)20-19(24)16-10-12-23(20)13-11-16/h6-9,16,18-20H,5,10-14H2,1-4H3/t18-,19+,20+/m1/s1. The number of ether oxygens (including phenoxy) is 1. The van der Waals surface area contributed by atoms with E-state index in [2.05, 4.69) is 54.8 Å². The van der Waals surface area contributed by atoms with Gasteiger partial charge >= 0.3 is 0 Å². The maximum atomic E-state index is 13.4. The lowest BCUT2D eigenvalue weighted by Crippen LogP contribution is -2.61. The molecule has 4 heterocycles. The van der Waals surface area contributed by atoms with Crippen LogP contribution in [0.2, 0.25) is 0 Å². The van der Waals surface area contributed by atoms with Crippen molar-refractivity contribution in [2.24, 2.45) is 11.3 Å². The molecule has 142 valence electrons. The van der Waals surface area contributed by atoms with Crippen LogP contribution in [-0.2, 0) is 4.79 Å². The van der Waals surface area contributed by atoms with Gasteiger partial charge in [-0.15, -0.1) is 0 Å². The van der Waals surface area contributed by atoms with E-state index in [1.54, 1.807) is 7.11 Å². The van der Waals surface area contributed by atoms with Gasteiger partial charge in [-0.1, -0.05) is 32.9 Å². The van der Waals surface area contributed by atoms with Crippen molar-refractivity contribution in [1.82, 2.24) is 9.80 Å². The van der Waals surface area contributed by atoms with E-state index < -0.39 is 0 Å². The first kappa shape index (κ1) is 17.8. The predicted octanol–water partition coefficient (Wildman–Crippen LogP) is 3.52. The van der Waals surface area contributed by atoms with E-state index >= 15 is 0 Å². The minimum Gasteiger partial charge on any atom is -0.497 e. The summed E-state index contributed by atoms with van der Waals surface area (Å²) in [4.78, 5) is 18.3. The third-order valence-electron chi connectivity index (χ3n) is 7.26. The second kappa shape index (κ2) is 6.56. The molecule has 4 fully saturated rings. The number of likely N-dealkylation sites (tertiary alicyclic amines) is 1. The smallest absolute Gasteiger partial charge is 0.228 e. The summed E-state index contributed by atoms with van der Waals surface area (Å²) in [5.74, 6) is 2.32. The average molecular weight is 357 g/mol. The molecule has 0 unspecified atom stereocenters. The number of carbonyl (C=O) groups excluding carboxylic acids is 1. The van der Waals surface area contributed by atoms with E-state index in [-0.39, 0.29) is 5.41 Å². The summed E-state index contributed by atoms with van der Waals surface area (Å²) in [6.45, 7) is 9.58. The van der Waals surface area contributed by atoms with Gasteiger partial charge in [-0.2, -0.15) is 0 Å². The average Bonchev–Trinajstić information content (AvgIpc) is 3.11. The molecule has 0 aliphatic carbocycles. The number of benzene rings is 1. The molecule has 4 heteroatoms. The normalized spacial score (nSPS) is 33.2. The first-order chi connectivity index (χ1) is 12.5. The monoisotopic (exact) mass is 356 g/mol. The summed E-state index contributed by atoms with van der Waals surface area (Å²) in [6.07, 6.45) is 3.38. The molecule has 0 radical (unpaired) electrons. The van der Waals surface area contributed by atoms with Gasteiger partial charge in [-0.05, 0) is 56.0 Å². The number of piperidine rings is 3. The van der Waals surface area contributed by atoms with Crippen LogP contribution in [0, 0.1) is 11.3 Å². The molecule has 1 aromatic carbocycles. The van der Waals surface area contributed by atoms with Crippen molar-refractivity contribution >= 4 is 5.91 Å². The molecule has 4 aliphatic heterocycles. The maximum absolute atomic E-state index is 13.4. The van der Waals surface area contributed by atoms with Gasteiger partial charge in [0.25, 0.3) is 0 Å². The van der Waals surface area contributed by atoms with Gasteiger partial charge in [0, 0.05) is 23.9 Å². The Labute approximate surface area is 157 Å². The Balaban J connectivity index is 1.68. The Morgan fingerprint density at radius 3 is 2.38 bits per heavy atom. The van der Waals surface area contributed by atoms with Gasteiger partial charge in [-0.3, -0.25) is 9.69 Å². The van der Waals surface area contributed by atoms with E-state index in [0.29, 0.717) is 29.8 Å². The summed E-state index contributed by atoms with van der Waals surface area (Å²) < 4.78 is 5.33. The number of nitrogens with zero attached hydrogens (tertiary/aromatic N) is 2. The molecule has 26 heavy (non-hydrogen) atoms. The summed E-state index contributed by atoms with van der Waals surface area (Å²) in [5.41, 5.74) is 1.07. The molecule has 1 amide bonds. The number of fused-ring (bicyclic) bond motifs is 2. The number of carbonyl (C=O) groups is 1. The highest BCUT2D eigenvalue weighted by atomic mass is 16.5. The molecule has 4 nitrogen and oxygen atoms in total. The Kier molecular flexibility index (Phi) is 4.50. The van der Waals surface area contributed by atoms with Crippen molar-refractivity contribution in [2.45, 2.75) is 58.0 Å². The number of hydrogen-bond acceptors (Lipinski definition) is 3. The van der Waals surface area contributed by atoms with Crippen LogP contribution in [0.1, 0.15) is 51.5 Å². The fraction of sp³-hybridized carbons (Fsp3) is 0.682. The maximum Gasteiger partial charge on any atom is 0.228 e. The van der Waals surface area contributed by atoms with Crippen molar-refractivity contribution in [3.63, 3.8) is 0 Å². The Hall–Kier alpha value is -1.55. The van der Waals surface area contributed by atoms with Crippen molar-refractivity contribution in [3.8, 4) is 5.75 Å². The number of rotatable bonds is 4. The molecule has 0 saturated carbocycles. The minimum atomic E-state index is -0.272. The lowest BCUT2D eigenvalue weighted by molar-refractivity contribution is -0.145. The lowest BCUT2D eigenvalue weighted by atomic mass is 9.75. The second-order valence-corrected chi connectivity index (χ2v) is 8.93. The van der Waals surface area contributed by atoms with Crippen LogP contribution in [0.25, 0.3) is 0 Å². The van der Waals surface area contributed by atoms with E-state index in [1.807, 2.05) is 0 Å². The molecule has 0 N–H and O–H groups in total. The van der Waals surface area contributed by atoms with Crippen molar-refractivity contribution < 1.29 is 9.53 Å². The number of amides is 1. The van der Waals surface area contributed by atoms with Crippen LogP contribution in [0.15, 0.2) is 24.3 Å². The highest BCUT2D eigenvalue weighted by Gasteiger charge is 2.55.